The lowest BCUT2D eigenvalue weighted by molar-refractivity contribution is 0.625. The van der Waals surface area contributed by atoms with Crippen molar-refractivity contribution < 1.29 is 4.39 Å². The first-order valence-electron chi connectivity index (χ1n) is 6.56. The lowest BCUT2D eigenvalue weighted by Crippen LogP contribution is -2.02. The molecule has 3 rings (SSSR count). The molecule has 1 heterocycles. The van der Waals surface area contributed by atoms with Crippen molar-refractivity contribution in [2.75, 3.05) is 5.32 Å². The van der Waals surface area contributed by atoms with Gasteiger partial charge in [0.25, 0.3) is 0 Å². The van der Waals surface area contributed by atoms with Crippen LogP contribution in [0.25, 0.3) is 10.8 Å². The molecule has 0 bridgehead atoms. The molecule has 20 heavy (non-hydrogen) atoms. The number of rotatable bonds is 3. The maximum Gasteiger partial charge on any atom is 0.123 e. The molecule has 0 amide bonds. The van der Waals surface area contributed by atoms with E-state index in [2.05, 4.69) is 16.4 Å². The van der Waals surface area contributed by atoms with Gasteiger partial charge in [-0.05, 0) is 47.7 Å². The highest BCUT2D eigenvalue weighted by Crippen LogP contribution is 2.23. The summed E-state index contributed by atoms with van der Waals surface area (Å²) >= 11 is 0. The first-order chi connectivity index (χ1) is 9.74. The van der Waals surface area contributed by atoms with Gasteiger partial charge in [-0.15, -0.1) is 0 Å². The Morgan fingerprint density at radius 3 is 2.90 bits per heavy atom. The highest BCUT2D eigenvalue weighted by atomic mass is 19.1. The van der Waals surface area contributed by atoms with E-state index in [9.17, 15) is 4.39 Å². The zero-order valence-corrected chi connectivity index (χ0v) is 11.2. The quantitative estimate of drug-likeness (QED) is 0.764. The van der Waals surface area contributed by atoms with Crippen LogP contribution in [0.2, 0.25) is 0 Å². The lowest BCUT2D eigenvalue weighted by atomic mass is 10.1. The van der Waals surface area contributed by atoms with E-state index in [0.717, 1.165) is 27.6 Å². The Morgan fingerprint density at radius 2 is 2.05 bits per heavy atom. The van der Waals surface area contributed by atoms with Crippen LogP contribution in [-0.2, 0) is 6.54 Å². The molecule has 100 valence electrons. The first kappa shape index (κ1) is 12.6. The zero-order valence-electron chi connectivity index (χ0n) is 11.2. The van der Waals surface area contributed by atoms with E-state index in [0.29, 0.717) is 6.54 Å². The smallest absolute Gasteiger partial charge is 0.123 e. The largest absolute Gasteiger partial charge is 0.380 e. The van der Waals surface area contributed by atoms with Crippen LogP contribution >= 0.6 is 0 Å². The molecule has 1 N–H and O–H groups in total. The summed E-state index contributed by atoms with van der Waals surface area (Å²) in [6, 6.07) is 13.0. The van der Waals surface area contributed by atoms with Crippen molar-refractivity contribution in [2.24, 2.45) is 0 Å². The van der Waals surface area contributed by atoms with E-state index in [1.807, 2.05) is 37.4 Å². The molecule has 1 aromatic heterocycles. The summed E-state index contributed by atoms with van der Waals surface area (Å²) in [5, 5.41) is 5.65. The third kappa shape index (κ3) is 2.48. The number of hydrogen-bond acceptors (Lipinski definition) is 2. The molecule has 0 atom stereocenters. The number of benzene rings is 2. The first-order valence-corrected chi connectivity index (χ1v) is 6.56. The van der Waals surface area contributed by atoms with Gasteiger partial charge >= 0.3 is 0 Å². The number of halogens is 1. The van der Waals surface area contributed by atoms with Crippen LogP contribution < -0.4 is 5.32 Å². The van der Waals surface area contributed by atoms with Crippen LogP contribution in [0.15, 0.2) is 54.9 Å². The fourth-order valence-corrected chi connectivity index (χ4v) is 2.32. The number of fused-ring (bicyclic) bond motifs is 1. The Morgan fingerprint density at radius 1 is 1.15 bits per heavy atom. The molecule has 0 saturated heterocycles. The molecule has 2 aromatic carbocycles. The van der Waals surface area contributed by atoms with Gasteiger partial charge in [-0.2, -0.15) is 0 Å². The molecular weight excluding hydrogens is 251 g/mol. The Bertz CT molecular complexity index is 748. The number of nitrogens with one attached hydrogen (secondary N) is 1. The molecule has 0 radical (unpaired) electrons. The molecule has 0 unspecified atom stereocenters. The number of anilines is 1. The predicted molar refractivity (Wildman–Crippen MR) is 80.2 cm³/mol. The summed E-state index contributed by atoms with van der Waals surface area (Å²) in [5.41, 5.74) is 3.09. The van der Waals surface area contributed by atoms with Gasteiger partial charge < -0.3 is 5.32 Å². The molecule has 0 aliphatic heterocycles. The van der Waals surface area contributed by atoms with E-state index in [-0.39, 0.29) is 5.82 Å². The molecule has 3 aromatic rings. The van der Waals surface area contributed by atoms with Gasteiger partial charge in [0.1, 0.15) is 5.82 Å². The van der Waals surface area contributed by atoms with E-state index in [1.165, 1.54) is 6.07 Å². The summed E-state index contributed by atoms with van der Waals surface area (Å²) in [6.45, 7) is 2.59. The number of aryl methyl sites for hydroxylation is 1. The van der Waals surface area contributed by atoms with Crippen LogP contribution in [0.1, 0.15) is 11.1 Å². The van der Waals surface area contributed by atoms with E-state index < -0.39 is 0 Å². The fraction of sp³-hybridized carbons (Fsp3) is 0.118. The van der Waals surface area contributed by atoms with Crippen LogP contribution in [0.4, 0.5) is 10.1 Å². The second kappa shape index (κ2) is 5.29. The molecule has 2 nitrogen and oxygen atoms in total. The average molecular weight is 266 g/mol. The molecule has 0 aliphatic rings. The number of hydrogen-bond donors (Lipinski definition) is 1. The Hall–Kier alpha value is -2.42. The molecule has 0 saturated carbocycles. The van der Waals surface area contributed by atoms with Gasteiger partial charge in [0.15, 0.2) is 0 Å². The van der Waals surface area contributed by atoms with Crippen LogP contribution in [-0.4, -0.2) is 4.98 Å². The summed E-state index contributed by atoms with van der Waals surface area (Å²) in [5.74, 6) is -0.194. The molecule has 0 aliphatic carbocycles. The van der Waals surface area contributed by atoms with Crippen LogP contribution in [0, 0.1) is 12.7 Å². The summed E-state index contributed by atoms with van der Waals surface area (Å²) in [4.78, 5) is 4.17. The Kier molecular flexibility index (Phi) is 3.33. The minimum atomic E-state index is -0.194. The van der Waals surface area contributed by atoms with Crippen molar-refractivity contribution in [3.05, 3.63) is 71.8 Å². The summed E-state index contributed by atoms with van der Waals surface area (Å²) in [7, 11) is 0. The van der Waals surface area contributed by atoms with E-state index in [1.54, 1.807) is 12.3 Å². The maximum absolute atomic E-state index is 13.1. The van der Waals surface area contributed by atoms with Gasteiger partial charge in [0, 0.05) is 30.0 Å². The lowest BCUT2D eigenvalue weighted by Gasteiger charge is -2.11. The molecule has 3 heteroatoms. The predicted octanol–water partition coefficient (Wildman–Crippen LogP) is 4.29. The van der Waals surface area contributed by atoms with Crippen LogP contribution in [0.3, 0.4) is 0 Å². The van der Waals surface area contributed by atoms with Crippen molar-refractivity contribution in [3.63, 3.8) is 0 Å². The summed E-state index contributed by atoms with van der Waals surface area (Å²) in [6.07, 6.45) is 3.64. The third-order valence-electron chi connectivity index (χ3n) is 3.46. The Labute approximate surface area is 117 Å². The average Bonchev–Trinajstić information content (AvgIpc) is 2.46. The van der Waals surface area contributed by atoms with Gasteiger partial charge in [0.2, 0.25) is 0 Å². The molecule has 0 spiro atoms. The minimum absolute atomic E-state index is 0.194. The minimum Gasteiger partial charge on any atom is -0.380 e. The summed E-state index contributed by atoms with van der Waals surface area (Å²) < 4.78 is 13.1. The fourth-order valence-electron chi connectivity index (χ4n) is 2.32. The van der Waals surface area contributed by atoms with Gasteiger partial charge in [-0.3, -0.25) is 4.98 Å². The van der Waals surface area contributed by atoms with E-state index in [4.69, 9.17) is 0 Å². The zero-order chi connectivity index (χ0) is 13.9. The van der Waals surface area contributed by atoms with Gasteiger partial charge in [0.05, 0.1) is 0 Å². The second-order valence-electron chi connectivity index (χ2n) is 4.83. The van der Waals surface area contributed by atoms with Crippen molar-refractivity contribution in [1.29, 1.82) is 0 Å². The maximum atomic E-state index is 13.1. The van der Waals surface area contributed by atoms with Crippen molar-refractivity contribution in [1.82, 2.24) is 4.98 Å². The standard InChI is InChI=1S/C17H15FN2/c1-12-9-15(18)6-5-14(12)10-20-17-4-2-3-13-7-8-19-11-16(13)17/h2-9,11,20H,10H2,1H3. The molecule has 0 fully saturated rings. The van der Waals surface area contributed by atoms with Crippen molar-refractivity contribution >= 4 is 16.5 Å². The van der Waals surface area contributed by atoms with Crippen LogP contribution in [0.5, 0.6) is 0 Å². The monoisotopic (exact) mass is 266 g/mol. The topological polar surface area (TPSA) is 24.9 Å². The number of nitrogens with zero attached hydrogens (tertiary/aromatic N) is 1. The highest BCUT2D eigenvalue weighted by molar-refractivity contribution is 5.93. The van der Waals surface area contributed by atoms with Crippen molar-refractivity contribution in [3.8, 4) is 0 Å². The highest BCUT2D eigenvalue weighted by Gasteiger charge is 2.03. The molecular formula is C17H15FN2. The van der Waals surface area contributed by atoms with Gasteiger partial charge in [-0.1, -0.05) is 18.2 Å². The second-order valence-corrected chi connectivity index (χ2v) is 4.83. The van der Waals surface area contributed by atoms with Crippen molar-refractivity contribution in [2.45, 2.75) is 13.5 Å². The Balaban J connectivity index is 1.87. The number of aromatic nitrogens is 1. The normalized spacial score (nSPS) is 10.7. The third-order valence-corrected chi connectivity index (χ3v) is 3.46. The van der Waals surface area contributed by atoms with E-state index >= 15 is 0 Å². The number of pyridine rings is 1. The van der Waals surface area contributed by atoms with Gasteiger partial charge in [-0.25, -0.2) is 4.39 Å². The SMILES string of the molecule is Cc1cc(F)ccc1CNc1cccc2ccncc12.